The zero-order valence-electron chi connectivity index (χ0n) is 10.3. The molecule has 9 heteroatoms. The third-order valence-electron chi connectivity index (χ3n) is 2.49. The van der Waals surface area contributed by atoms with E-state index in [0.29, 0.717) is 6.07 Å². The van der Waals surface area contributed by atoms with Gasteiger partial charge in [0.1, 0.15) is 17.7 Å². The first-order chi connectivity index (χ1) is 9.20. The van der Waals surface area contributed by atoms with Crippen LogP contribution in [0.3, 0.4) is 0 Å². The maximum absolute atomic E-state index is 13.7. The highest BCUT2D eigenvalue weighted by molar-refractivity contribution is 9.09. The van der Waals surface area contributed by atoms with Crippen LogP contribution in [0.5, 0.6) is 0 Å². The van der Waals surface area contributed by atoms with Gasteiger partial charge in [-0.2, -0.15) is 8.42 Å². The average Bonchev–Trinajstić information content (AvgIpc) is 2.68. The Kier molecular flexibility index (Phi) is 4.45. The van der Waals surface area contributed by atoms with Crippen molar-refractivity contribution in [1.29, 1.82) is 0 Å². The van der Waals surface area contributed by atoms with Crippen molar-refractivity contribution in [2.75, 3.05) is 19.5 Å². The summed E-state index contributed by atoms with van der Waals surface area (Å²) in [6.07, 6.45) is 0.206. The standard InChI is InChI=1S/C11H11BrF2O5S/c1-20(15,16)18-6-8-5-17-11(12,19-8)9-3-2-7(13)4-10(9)14/h2-4,8H,5-6H2,1H3/t8-,11-/m0/s1. The summed E-state index contributed by atoms with van der Waals surface area (Å²) in [5, 5.41) is 0. The largest absolute Gasteiger partial charge is 0.334 e. The Morgan fingerprint density at radius 1 is 1.50 bits per heavy atom. The molecule has 0 amide bonds. The fraction of sp³-hybridized carbons (Fsp3) is 0.455. The van der Waals surface area contributed by atoms with Crippen LogP contribution in [-0.2, 0) is 28.5 Å². The minimum Gasteiger partial charge on any atom is -0.334 e. The Morgan fingerprint density at radius 2 is 2.20 bits per heavy atom. The minimum atomic E-state index is -3.60. The number of hydrogen-bond donors (Lipinski definition) is 0. The molecule has 0 bridgehead atoms. The first kappa shape index (κ1) is 15.8. The summed E-state index contributed by atoms with van der Waals surface area (Å²) in [5.41, 5.74) is -0.0410. The van der Waals surface area contributed by atoms with Gasteiger partial charge in [0.25, 0.3) is 14.8 Å². The molecule has 1 aliphatic rings. The van der Waals surface area contributed by atoms with E-state index < -0.39 is 32.6 Å². The van der Waals surface area contributed by atoms with Gasteiger partial charge in [-0.3, -0.25) is 4.18 Å². The van der Waals surface area contributed by atoms with Crippen LogP contribution in [-0.4, -0.2) is 34.0 Å². The Bertz CT molecular complexity index is 609. The molecule has 0 aromatic heterocycles. The molecule has 2 atom stereocenters. The summed E-state index contributed by atoms with van der Waals surface area (Å²) >= 11 is 3.08. The van der Waals surface area contributed by atoms with E-state index in [1.54, 1.807) is 0 Å². The van der Waals surface area contributed by atoms with Crippen molar-refractivity contribution in [3.8, 4) is 0 Å². The van der Waals surface area contributed by atoms with Crippen LogP contribution < -0.4 is 0 Å². The van der Waals surface area contributed by atoms with Gasteiger partial charge in [-0.15, -0.1) is 0 Å². The van der Waals surface area contributed by atoms with E-state index >= 15 is 0 Å². The van der Waals surface area contributed by atoms with Gasteiger partial charge in [-0.1, -0.05) is 0 Å². The maximum atomic E-state index is 13.7. The Labute approximate surface area is 123 Å². The lowest BCUT2D eigenvalue weighted by atomic mass is 10.2. The molecule has 0 saturated carbocycles. The molecule has 1 fully saturated rings. The van der Waals surface area contributed by atoms with E-state index in [1.807, 2.05) is 0 Å². The molecule has 5 nitrogen and oxygen atoms in total. The lowest BCUT2D eigenvalue weighted by Gasteiger charge is -2.21. The lowest BCUT2D eigenvalue weighted by molar-refractivity contribution is -0.0956. The summed E-state index contributed by atoms with van der Waals surface area (Å²) in [7, 11) is -3.60. The van der Waals surface area contributed by atoms with Gasteiger partial charge in [0.15, 0.2) is 0 Å². The van der Waals surface area contributed by atoms with Crippen LogP contribution in [0.15, 0.2) is 18.2 Å². The Balaban J connectivity index is 2.10. The highest BCUT2D eigenvalue weighted by Crippen LogP contribution is 2.41. The molecule has 1 aromatic rings. The average molecular weight is 373 g/mol. The lowest BCUT2D eigenvalue weighted by Crippen LogP contribution is -2.25. The monoisotopic (exact) mass is 372 g/mol. The van der Waals surface area contributed by atoms with Gasteiger partial charge in [0.2, 0.25) is 0 Å². The van der Waals surface area contributed by atoms with Crippen LogP contribution in [0.25, 0.3) is 0 Å². The van der Waals surface area contributed by atoms with Gasteiger partial charge < -0.3 is 9.47 Å². The van der Waals surface area contributed by atoms with E-state index in [1.165, 1.54) is 6.07 Å². The minimum absolute atomic E-state index is 0.00239. The number of rotatable bonds is 4. The van der Waals surface area contributed by atoms with Crippen LogP contribution in [0.4, 0.5) is 8.78 Å². The molecular formula is C11H11BrF2O5S. The third kappa shape index (κ3) is 3.73. The van der Waals surface area contributed by atoms with E-state index in [9.17, 15) is 17.2 Å². The third-order valence-corrected chi connectivity index (χ3v) is 3.90. The zero-order chi connectivity index (χ0) is 15.0. The highest BCUT2D eigenvalue weighted by Gasteiger charge is 2.43. The van der Waals surface area contributed by atoms with Gasteiger partial charge >= 0.3 is 0 Å². The molecule has 20 heavy (non-hydrogen) atoms. The van der Waals surface area contributed by atoms with Crippen LogP contribution >= 0.6 is 15.9 Å². The van der Waals surface area contributed by atoms with E-state index in [4.69, 9.17) is 9.47 Å². The Morgan fingerprint density at radius 3 is 2.80 bits per heavy atom. The van der Waals surface area contributed by atoms with E-state index in [2.05, 4.69) is 20.1 Å². The summed E-state index contributed by atoms with van der Waals surface area (Å²) in [6, 6.07) is 2.94. The molecule has 0 spiro atoms. The second kappa shape index (κ2) is 5.64. The summed E-state index contributed by atoms with van der Waals surface area (Å²) in [4.78, 5) is 0. The topological polar surface area (TPSA) is 61.8 Å². The van der Waals surface area contributed by atoms with Crippen molar-refractivity contribution < 1.29 is 30.9 Å². The predicted molar refractivity (Wildman–Crippen MR) is 68.6 cm³/mol. The van der Waals surface area contributed by atoms with E-state index in [-0.39, 0.29) is 18.8 Å². The number of hydrogen-bond acceptors (Lipinski definition) is 5. The molecule has 1 aromatic carbocycles. The molecule has 1 aliphatic heterocycles. The number of halogens is 3. The molecule has 1 heterocycles. The summed E-state index contributed by atoms with van der Waals surface area (Å²) < 4.78 is 62.0. The summed E-state index contributed by atoms with van der Waals surface area (Å²) in [5.74, 6) is -1.57. The van der Waals surface area contributed by atoms with Crippen LogP contribution in [0.2, 0.25) is 0 Å². The van der Waals surface area contributed by atoms with Crippen LogP contribution in [0, 0.1) is 11.6 Å². The smallest absolute Gasteiger partial charge is 0.264 e. The van der Waals surface area contributed by atoms with Crippen molar-refractivity contribution in [2.45, 2.75) is 10.8 Å². The fourth-order valence-electron chi connectivity index (χ4n) is 1.64. The molecular weight excluding hydrogens is 362 g/mol. The second-order valence-electron chi connectivity index (χ2n) is 4.20. The Hall–Kier alpha value is -0.610. The summed E-state index contributed by atoms with van der Waals surface area (Å²) in [6.45, 7) is -0.257. The van der Waals surface area contributed by atoms with Gasteiger partial charge in [-0.25, -0.2) is 8.78 Å². The normalized spacial score (nSPS) is 26.9. The van der Waals surface area contributed by atoms with Crippen molar-refractivity contribution in [2.24, 2.45) is 0 Å². The molecule has 0 unspecified atom stereocenters. The van der Waals surface area contributed by atoms with E-state index in [0.717, 1.165) is 12.3 Å². The molecule has 0 aliphatic carbocycles. The molecule has 112 valence electrons. The van der Waals surface area contributed by atoms with Crippen LogP contribution in [0.1, 0.15) is 5.56 Å². The molecule has 1 saturated heterocycles. The number of benzene rings is 1. The second-order valence-corrected chi connectivity index (χ2v) is 6.89. The predicted octanol–water partition coefficient (Wildman–Crippen LogP) is 1.86. The quantitative estimate of drug-likeness (QED) is 0.596. The first-order valence-corrected chi connectivity index (χ1v) is 8.11. The molecule has 2 rings (SSSR count). The fourth-order valence-corrected chi connectivity index (χ4v) is 2.75. The number of alkyl halides is 1. The number of ether oxygens (including phenoxy) is 2. The van der Waals surface area contributed by atoms with Crippen molar-refractivity contribution in [3.63, 3.8) is 0 Å². The maximum Gasteiger partial charge on any atom is 0.264 e. The molecule has 0 N–H and O–H groups in total. The zero-order valence-corrected chi connectivity index (χ0v) is 12.7. The van der Waals surface area contributed by atoms with Gasteiger partial charge in [0.05, 0.1) is 25.0 Å². The van der Waals surface area contributed by atoms with Gasteiger partial charge in [0, 0.05) is 6.07 Å². The van der Waals surface area contributed by atoms with Gasteiger partial charge in [-0.05, 0) is 28.1 Å². The molecule has 0 radical (unpaired) electrons. The first-order valence-electron chi connectivity index (χ1n) is 5.50. The van der Waals surface area contributed by atoms with Crippen molar-refractivity contribution in [1.82, 2.24) is 0 Å². The highest BCUT2D eigenvalue weighted by atomic mass is 79.9. The SMILES string of the molecule is CS(=O)(=O)OC[C@@H]1CO[C@@](Br)(c2ccc(F)cc2F)O1. The van der Waals surface area contributed by atoms with Crippen molar-refractivity contribution >= 4 is 26.0 Å². The van der Waals surface area contributed by atoms with Crippen molar-refractivity contribution in [3.05, 3.63) is 35.4 Å².